The van der Waals surface area contributed by atoms with Gasteiger partial charge in [-0.15, -0.1) is 6.58 Å². The van der Waals surface area contributed by atoms with Crippen molar-refractivity contribution in [3.05, 3.63) is 60.3 Å². The summed E-state index contributed by atoms with van der Waals surface area (Å²) >= 11 is 0. The first kappa shape index (κ1) is 13.2. The molecule has 2 atom stereocenters. The zero-order chi connectivity index (χ0) is 14.2. The summed E-state index contributed by atoms with van der Waals surface area (Å²) in [5, 5.41) is 0. The second kappa shape index (κ2) is 4.93. The fourth-order valence-electron chi connectivity index (χ4n) is 3.58. The normalized spacial score (nSPS) is 28.8. The van der Waals surface area contributed by atoms with Crippen LogP contribution in [0.4, 0.5) is 0 Å². The number of benzene rings is 1. The van der Waals surface area contributed by atoms with Crippen molar-refractivity contribution in [2.24, 2.45) is 5.92 Å². The van der Waals surface area contributed by atoms with E-state index in [1.54, 1.807) is 0 Å². The Balaban J connectivity index is 1.97. The molecule has 3 rings (SSSR count). The maximum Gasteiger partial charge on any atom is 0.208 e. The number of carbonyl (C=O) groups is 1. The van der Waals surface area contributed by atoms with Crippen LogP contribution in [0, 0.1) is 5.92 Å². The fourth-order valence-corrected chi connectivity index (χ4v) is 3.58. The molecule has 0 bridgehead atoms. The Morgan fingerprint density at radius 1 is 1.35 bits per heavy atom. The maximum absolute atomic E-state index is 12.8. The number of nitrogens with zero attached hydrogens (tertiary/aromatic N) is 1. The van der Waals surface area contributed by atoms with Crippen LogP contribution in [0.1, 0.15) is 36.5 Å². The van der Waals surface area contributed by atoms with Gasteiger partial charge in [0, 0.05) is 23.6 Å². The van der Waals surface area contributed by atoms with Crippen molar-refractivity contribution in [2.45, 2.75) is 31.7 Å². The molecule has 2 heteroatoms. The van der Waals surface area contributed by atoms with Gasteiger partial charge in [-0.05, 0) is 32.3 Å². The second-order valence-electron chi connectivity index (χ2n) is 5.97. The van der Waals surface area contributed by atoms with E-state index in [9.17, 15) is 4.79 Å². The molecule has 0 aromatic heterocycles. The van der Waals surface area contributed by atoms with Crippen LogP contribution in [-0.2, 0) is 0 Å². The molecular formula is C18H21NO. The molecule has 0 N–H and O–H groups in total. The van der Waals surface area contributed by atoms with Crippen LogP contribution >= 0.6 is 0 Å². The lowest BCUT2D eigenvalue weighted by Gasteiger charge is -2.45. The van der Waals surface area contributed by atoms with Crippen LogP contribution in [0.5, 0.6) is 0 Å². The molecular weight excluding hydrogens is 246 g/mol. The van der Waals surface area contributed by atoms with Crippen LogP contribution in [0.25, 0.3) is 0 Å². The van der Waals surface area contributed by atoms with Crippen LogP contribution in [-0.4, -0.2) is 22.8 Å². The van der Waals surface area contributed by atoms with E-state index in [0.717, 1.165) is 24.2 Å². The highest BCUT2D eigenvalue weighted by molar-refractivity contribution is 6.08. The number of allylic oxidation sites excluding steroid dienone is 1. The number of Topliss-reactive ketones (excluding diaryl/α,β-unsaturated/α-hetero) is 1. The van der Waals surface area contributed by atoms with Crippen molar-refractivity contribution < 1.29 is 4.79 Å². The standard InChI is InChI=1S/C18H21NO/c1-3-15-13-16(17(20)14-9-5-4-6-10-14)19-12-8-7-11-18(15,19)2/h3-6,9-10,13,15H,1,7-8,11-12H2,2H3. The molecule has 2 unspecified atom stereocenters. The predicted molar refractivity (Wildman–Crippen MR) is 81.5 cm³/mol. The minimum Gasteiger partial charge on any atom is -0.362 e. The Hall–Kier alpha value is -1.83. The highest BCUT2D eigenvalue weighted by Crippen LogP contribution is 2.44. The first-order chi connectivity index (χ1) is 9.66. The third-order valence-electron chi connectivity index (χ3n) is 4.80. The summed E-state index contributed by atoms with van der Waals surface area (Å²) in [4.78, 5) is 15.1. The maximum atomic E-state index is 12.8. The zero-order valence-electron chi connectivity index (χ0n) is 12.0. The summed E-state index contributed by atoms with van der Waals surface area (Å²) < 4.78 is 0. The third kappa shape index (κ3) is 1.91. The molecule has 1 aromatic carbocycles. The molecule has 104 valence electrons. The highest BCUT2D eigenvalue weighted by Gasteiger charge is 2.46. The summed E-state index contributed by atoms with van der Waals surface area (Å²) in [7, 11) is 0. The SMILES string of the molecule is C=CC1C=C(C(=O)c2ccccc2)N2CCCCC12C. The van der Waals surface area contributed by atoms with E-state index in [1.165, 1.54) is 12.8 Å². The number of hydrogen-bond donors (Lipinski definition) is 0. The Labute approximate surface area is 120 Å². The van der Waals surface area contributed by atoms with Crippen LogP contribution in [0.3, 0.4) is 0 Å². The van der Waals surface area contributed by atoms with Crippen molar-refractivity contribution in [2.75, 3.05) is 6.54 Å². The smallest absolute Gasteiger partial charge is 0.208 e. The van der Waals surface area contributed by atoms with Gasteiger partial charge in [0.05, 0.1) is 5.70 Å². The molecule has 2 aliphatic heterocycles. The lowest BCUT2D eigenvalue weighted by atomic mass is 9.80. The molecule has 1 aromatic rings. The van der Waals surface area contributed by atoms with Gasteiger partial charge in [0.15, 0.2) is 0 Å². The van der Waals surface area contributed by atoms with Gasteiger partial charge in [0.25, 0.3) is 0 Å². The lowest BCUT2D eigenvalue weighted by Crippen LogP contribution is -2.49. The molecule has 2 nitrogen and oxygen atoms in total. The van der Waals surface area contributed by atoms with Crippen molar-refractivity contribution in [3.8, 4) is 0 Å². The first-order valence-corrected chi connectivity index (χ1v) is 7.38. The Morgan fingerprint density at radius 3 is 2.80 bits per heavy atom. The van der Waals surface area contributed by atoms with Crippen molar-refractivity contribution in [3.63, 3.8) is 0 Å². The van der Waals surface area contributed by atoms with E-state index < -0.39 is 0 Å². The van der Waals surface area contributed by atoms with Gasteiger partial charge in [-0.2, -0.15) is 0 Å². The molecule has 0 radical (unpaired) electrons. The molecule has 20 heavy (non-hydrogen) atoms. The Bertz CT molecular complexity index is 560. The van der Waals surface area contributed by atoms with Gasteiger partial charge in [-0.25, -0.2) is 0 Å². The molecule has 2 heterocycles. The van der Waals surface area contributed by atoms with Gasteiger partial charge in [-0.1, -0.05) is 36.4 Å². The van der Waals surface area contributed by atoms with Gasteiger partial charge in [-0.3, -0.25) is 4.79 Å². The Morgan fingerprint density at radius 2 is 2.10 bits per heavy atom. The van der Waals surface area contributed by atoms with Gasteiger partial charge >= 0.3 is 0 Å². The second-order valence-corrected chi connectivity index (χ2v) is 5.97. The van der Waals surface area contributed by atoms with E-state index in [1.807, 2.05) is 36.4 Å². The molecule has 0 spiro atoms. The molecule has 2 aliphatic rings. The summed E-state index contributed by atoms with van der Waals surface area (Å²) in [5.41, 5.74) is 1.68. The topological polar surface area (TPSA) is 20.3 Å². The third-order valence-corrected chi connectivity index (χ3v) is 4.80. The molecule has 1 fully saturated rings. The molecule has 0 aliphatic carbocycles. The van der Waals surface area contributed by atoms with E-state index >= 15 is 0 Å². The van der Waals surface area contributed by atoms with E-state index in [4.69, 9.17) is 0 Å². The molecule has 0 amide bonds. The summed E-state index contributed by atoms with van der Waals surface area (Å²) in [6.45, 7) is 7.20. The van der Waals surface area contributed by atoms with Crippen LogP contribution in [0.15, 0.2) is 54.8 Å². The van der Waals surface area contributed by atoms with E-state index in [2.05, 4.69) is 24.5 Å². The van der Waals surface area contributed by atoms with Crippen molar-refractivity contribution in [1.82, 2.24) is 4.90 Å². The zero-order valence-corrected chi connectivity index (χ0v) is 12.0. The first-order valence-electron chi connectivity index (χ1n) is 7.38. The van der Waals surface area contributed by atoms with Gasteiger partial charge in [0.1, 0.15) is 0 Å². The minimum atomic E-state index is 0.0414. The summed E-state index contributed by atoms with van der Waals surface area (Å²) in [6.07, 6.45) is 7.64. The van der Waals surface area contributed by atoms with Crippen molar-refractivity contribution in [1.29, 1.82) is 0 Å². The average Bonchev–Trinajstić information content (AvgIpc) is 2.80. The number of rotatable bonds is 3. The van der Waals surface area contributed by atoms with Crippen LogP contribution < -0.4 is 0 Å². The molecule has 0 saturated carbocycles. The van der Waals surface area contributed by atoms with Gasteiger partial charge in [0.2, 0.25) is 5.78 Å². The average molecular weight is 267 g/mol. The number of fused-ring (bicyclic) bond motifs is 1. The number of piperidine rings is 1. The van der Waals surface area contributed by atoms with Gasteiger partial charge < -0.3 is 4.90 Å². The number of ketones is 1. The van der Waals surface area contributed by atoms with Crippen LogP contribution in [0.2, 0.25) is 0 Å². The largest absolute Gasteiger partial charge is 0.362 e. The molecule has 1 saturated heterocycles. The Kier molecular flexibility index (Phi) is 3.25. The van der Waals surface area contributed by atoms with E-state index in [-0.39, 0.29) is 17.2 Å². The quantitative estimate of drug-likeness (QED) is 0.613. The highest BCUT2D eigenvalue weighted by atomic mass is 16.1. The van der Waals surface area contributed by atoms with Crippen molar-refractivity contribution >= 4 is 5.78 Å². The number of hydrogen-bond acceptors (Lipinski definition) is 2. The predicted octanol–water partition coefficient (Wildman–Crippen LogP) is 3.81. The minimum absolute atomic E-state index is 0.0414. The summed E-state index contributed by atoms with van der Waals surface area (Å²) in [6, 6.07) is 9.57. The monoisotopic (exact) mass is 267 g/mol. The number of carbonyl (C=O) groups excluding carboxylic acids is 1. The lowest BCUT2D eigenvalue weighted by molar-refractivity contribution is 0.0785. The fraction of sp³-hybridized carbons (Fsp3) is 0.389. The summed E-state index contributed by atoms with van der Waals surface area (Å²) in [5.74, 6) is 0.411. The van der Waals surface area contributed by atoms with E-state index in [0.29, 0.717) is 0 Å².